The molecule has 0 bridgehead atoms. The van der Waals surface area contributed by atoms with Crippen LogP contribution < -0.4 is 0 Å². The van der Waals surface area contributed by atoms with E-state index in [2.05, 4.69) is 0 Å². The Morgan fingerprint density at radius 1 is 0.786 bits per heavy atom. The van der Waals surface area contributed by atoms with E-state index in [1.54, 1.807) is 6.07 Å². The van der Waals surface area contributed by atoms with Crippen molar-refractivity contribution in [2.75, 3.05) is 0 Å². The van der Waals surface area contributed by atoms with Crippen molar-refractivity contribution in [3.05, 3.63) is 50.0 Å². The Morgan fingerprint density at radius 2 is 1.14 bits per heavy atom. The molecule has 0 fully saturated rings. The summed E-state index contributed by atoms with van der Waals surface area (Å²) in [6.45, 7) is 1.29. The van der Waals surface area contributed by atoms with Gasteiger partial charge in [0.15, 0.2) is 0 Å². The summed E-state index contributed by atoms with van der Waals surface area (Å²) in [4.78, 5) is 0. The van der Waals surface area contributed by atoms with Crippen LogP contribution in [0.3, 0.4) is 0 Å². The smallest absolute Gasteiger partial charge is 0 e. The maximum absolute atomic E-state index is 12.3. The van der Waals surface area contributed by atoms with E-state index in [-0.39, 0.29) is 85.8 Å². The van der Waals surface area contributed by atoms with E-state index >= 15 is 0 Å². The minimum Gasteiger partial charge on any atom is -0.358 e. The largest absolute Gasteiger partial charge is 0.358 e. The quantitative estimate of drug-likeness (QED) is 0.498. The monoisotopic (exact) mass is 352 g/mol. The second-order valence-corrected chi connectivity index (χ2v) is 1.82. The molecule has 0 spiro atoms. The van der Waals surface area contributed by atoms with Gasteiger partial charge >= 0.3 is 0 Å². The van der Waals surface area contributed by atoms with Crippen molar-refractivity contribution in [3.63, 3.8) is 0 Å². The Balaban J connectivity index is -0.000000125. The standard InChI is InChI=1S/C7H3F3.2CH3.2Y/c1-4-2-6(9)7(10)3-5(4)8;;;;/h1H3;2*1H3;;/q-2;2*-1;;. The van der Waals surface area contributed by atoms with E-state index in [0.29, 0.717) is 0 Å². The molecule has 0 nitrogen and oxygen atoms in total. The zero-order valence-corrected chi connectivity index (χ0v) is 14.0. The molecule has 1 rings (SSSR count). The fraction of sp³-hybridized carbons (Fsp3) is 0.111. The first-order chi connectivity index (χ1) is 4.61. The van der Waals surface area contributed by atoms with Crippen LogP contribution in [0.4, 0.5) is 13.2 Å². The zero-order chi connectivity index (χ0) is 7.72. The van der Waals surface area contributed by atoms with Gasteiger partial charge in [-0.05, 0) is 0 Å². The average molecular weight is 352 g/mol. The first kappa shape index (κ1) is 24.4. The van der Waals surface area contributed by atoms with Crippen molar-refractivity contribution in [1.82, 2.24) is 0 Å². The van der Waals surface area contributed by atoms with Gasteiger partial charge in [0, 0.05) is 65.4 Å². The molecular weight excluding hydrogens is 343 g/mol. The van der Waals surface area contributed by atoms with Crippen LogP contribution in [-0.2, 0) is 65.4 Å². The number of benzene rings is 1. The van der Waals surface area contributed by atoms with Gasteiger partial charge < -0.3 is 28.0 Å². The summed E-state index contributed by atoms with van der Waals surface area (Å²) in [5, 5.41) is 0. The molecule has 0 N–H and O–H groups in total. The van der Waals surface area contributed by atoms with Crippen LogP contribution in [0.5, 0.6) is 0 Å². The zero-order valence-electron chi connectivity index (χ0n) is 8.29. The van der Waals surface area contributed by atoms with Crippen LogP contribution >= 0.6 is 0 Å². The van der Waals surface area contributed by atoms with Gasteiger partial charge in [0.1, 0.15) is 0 Å². The van der Waals surface area contributed by atoms with Crippen molar-refractivity contribution < 1.29 is 78.6 Å². The van der Waals surface area contributed by atoms with Gasteiger partial charge in [0.2, 0.25) is 0 Å². The van der Waals surface area contributed by atoms with Gasteiger partial charge in [-0.1, -0.05) is 11.6 Å². The predicted molar refractivity (Wildman–Crippen MR) is 41.6 cm³/mol. The molecule has 0 saturated heterocycles. The summed E-state index contributed by atoms with van der Waals surface area (Å²) in [5.74, 6) is -3.43. The normalized spacial score (nSPS) is 7.14. The molecular formula is C9H9F3Y2-4. The first-order valence-electron chi connectivity index (χ1n) is 2.57. The van der Waals surface area contributed by atoms with E-state index < -0.39 is 17.5 Å². The molecule has 0 atom stereocenters. The number of aryl methyl sites for hydroxylation is 1. The van der Waals surface area contributed by atoms with Gasteiger partial charge in [-0.3, -0.25) is 6.07 Å². The Hall–Kier alpha value is 1.22. The van der Waals surface area contributed by atoms with E-state index in [1.165, 1.54) is 6.92 Å². The molecule has 14 heavy (non-hydrogen) atoms. The fourth-order valence-electron chi connectivity index (χ4n) is 0.519. The molecule has 0 amide bonds. The van der Waals surface area contributed by atoms with Gasteiger partial charge in [0.25, 0.3) is 0 Å². The number of halogens is 3. The van der Waals surface area contributed by atoms with E-state index in [1.807, 2.05) is 6.07 Å². The predicted octanol–water partition coefficient (Wildman–Crippen LogP) is 2.91. The second-order valence-electron chi connectivity index (χ2n) is 1.82. The fourth-order valence-corrected chi connectivity index (χ4v) is 0.519. The average Bonchev–Trinajstić information content (AvgIpc) is 1.84. The minimum absolute atomic E-state index is 0. The second kappa shape index (κ2) is 10.7. The van der Waals surface area contributed by atoms with Crippen LogP contribution in [0.2, 0.25) is 0 Å². The van der Waals surface area contributed by atoms with E-state index in [4.69, 9.17) is 0 Å². The maximum Gasteiger partial charge on any atom is 0 e. The Kier molecular flexibility index (Phi) is 18.7. The first-order valence-corrected chi connectivity index (χ1v) is 2.57. The molecule has 0 aliphatic heterocycles. The number of hydrogen-bond acceptors (Lipinski definition) is 0. The van der Waals surface area contributed by atoms with E-state index in [9.17, 15) is 13.2 Å². The summed E-state index contributed by atoms with van der Waals surface area (Å²) >= 11 is 0. The Morgan fingerprint density at radius 3 is 1.50 bits per heavy atom. The minimum atomic E-state index is -1.33. The molecule has 76 valence electrons. The molecule has 0 heterocycles. The van der Waals surface area contributed by atoms with Gasteiger partial charge in [-0.15, -0.1) is 12.7 Å². The third kappa shape index (κ3) is 6.66. The molecule has 1 aromatic rings. The maximum atomic E-state index is 12.3. The van der Waals surface area contributed by atoms with Crippen LogP contribution in [0.25, 0.3) is 0 Å². The van der Waals surface area contributed by atoms with Crippen LogP contribution in [0.15, 0.2) is 0 Å². The summed E-state index contributed by atoms with van der Waals surface area (Å²) in [7, 11) is 0. The number of hydrogen-bond donors (Lipinski definition) is 0. The van der Waals surface area contributed by atoms with Crippen LogP contribution in [0.1, 0.15) is 5.56 Å². The van der Waals surface area contributed by atoms with Crippen molar-refractivity contribution in [2.24, 2.45) is 0 Å². The third-order valence-electron chi connectivity index (χ3n) is 1.04. The molecule has 1 aromatic carbocycles. The molecule has 0 aromatic heterocycles. The molecule has 2 radical (unpaired) electrons. The summed E-state index contributed by atoms with van der Waals surface area (Å²) in [6.07, 6.45) is 0. The topological polar surface area (TPSA) is 0 Å². The van der Waals surface area contributed by atoms with Gasteiger partial charge in [-0.25, -0.2) is 11.6 Å². The van der Waals surface area contributed by atoms with Crippen LogP contribution in [-0.4, -0.2) is 0 Å². The van der Waals surface area contributed by atoms with Crippen molar-refractivity contribution in [2.45, 2.75) is 6.92 Å². The third-order valence-corrected chi connectivity index (χ3v) is 1.04. The Bertz CT molecular complexity index is 214. The molecule has 0 aliphatic carbocycles. The molecule has 0 aliphatic rings. The Labute approximate surface area is 134 Å². The summed E-state index contributed by atoms with van der Waals surface area (Å²) in [6, 6.07) is 3.43. The number of rotatable bonds is 0. The molecule has 5 heteroatoms. The molecule has 0 unspecified atom stereocenters. The van der Waals surface area contributed by atoms with Crippen molar-refractivity contribution >= 4 is 0 Å². The van der Waals surface area contributed by atoms with Crippen molar-refractivity contribution in [3.8, 4) is 0 Å². The van der Waals surface area contributed by atoms with Gasteiger partial charge in [-0.2, -0.15) is 0 Å². The summed E-state index contributed by atoms with van der Waals surface area (Å²) < 4.78 is 36.5. The van der Waals surface area contributed by atoms with Crippen LogP contribution in [0, 0.1) is 51.4 Å². The van der Waals surface area contributed by atoms with E-state index in [0.717, 1.165) is 0 Å². The van der Waals surface area contributed by atoms with Gasteiger partial charge in [0.05, 0.1) is 0 Å². The van der Waals surface area contributed by atoms with Crippen molar-refractivity contribution in [1.29, 1.82) is 0 Å². The summed E-state index contributed by atoms with van der Waals surface area (Å²) in [5.41, 5.74) is -0.0705. The molecule has 0 saturated carbocycles. The SMILES string of the molecule is Cc1[c-]c(F)c(F)[c-]c1F.[CH3-].[CH3-].[Y].[Y].